The van der Waals surface area contributed by atoms with Crippen LogP contribution in [0, 0.1) is 4.78 Å². The van der Waals surface area contributed by atoms with Crippen LogP contribution >= 0.6 is 0 Å². The molecule has 1 atom stereocenters. The van der Waals surface area contributed by atoms with Gasteiger partial charge in [0.25, 0.3) is 0 Å². The molecular weight excluding hydrogens is 172 g/mol. The summed E-state index contributed by atoms with van der Waals surface area (Å²) in [6.07, 6.45) is 1.69. The molecule has 4 heteroatoms. The Balaban J connectivity index is 2.98. The van der Waals surface area contributed by atoms with Gasteiger partial charge in [0, 0.05) is 18.8 Å². The zero-order valence-electron chi connectivity index (χ0n) is 7.85. The molecule has 0 spiro atoms. The van der Waals surface area contributed by atoms with Gasteiger partial charge in [-0.05, 0) is 12.8 Å². The summed E-state index contributed by atoms with van der Waals surface area (Å²) in [5.74, 6) is 0.522. The molecule has 3 nitrogen and oxygen atoms in total. The van der Waals surface area contributed by atoms with Gasteiger partial charge >= 0.3 is 0 Å². The van der Waals surface area contributed by atoms with E-state index in [1.165, 1.54) is 0 Å². The average molecular weight is 190 g/mol. The summed E-state index contributed by atoms with van der Waals surface area (Å²) < 4.78 is 19.5. The fraction of sp³-hybridized carbons (Fsp3) is 1.00. The highest BCUT2D eigenvalue weighted by Crippen LogP contribution is 2.28. The van der Waals surface area contributed by atoms with E-state index in [-0.39, 0.29) is 4.75 Å². The minimum atomic E-state index is -2.35. The number of hydrogen-bond acceptors (Lipinski definition) is 3. The summed E-state index contributed by atoms with van der Waals surface area (Å²) in [6.45, 7) is 5.56. The topological polar surface area (TPSA) is 53.0 Å². The Morgan fingerprint density at radius 3 is 2.42 bits per heavy atom. The lowest BCUT2D eigenvalue weighted by Crippen LogP contribution is -2.53. The molecule has 1 saturated heterocycles. The molecule has 1 fully saturated rings. The zero-order chi connectivity index (χ0) is 9.24. The highest BCUT2D eigenvalue weighted by atomic mass is 32.2. The molecule has 0 saturated carbocycles. The second kappa shape index (κ2) is 3.34. The summed E-state index contributed by atoms with van der Waals surface area (Å²) in [4.78, 5) is 0. The smallest absolute Gasteiger partial charge is 0.0658 e. The van der Waals surface area contributed by atoms with Crippen molar-refractivity contribution in [2.75, 3.05) is 18.8 Å². The molecule has 1 heterocycles. The maximum absolute atomic E-state index is 11.9. The molecule has 1 aliphatic rings. The van der Waals surface area contributed by atoms with E-state index in [9.17, 15) is 4.21 Å². The molecule has 12 heavy (non-hydrogen) atoms. The highest BCUT2D eigenvalue weighted by molar-refractivity contribution is 7.93. The van der Waals surface area contributed by atoms with E-state index < -0.39 is 9.73 Å². The molecule has 0 aromatic rings. The Kier molecular flexibility index (Phi) is 2.78. The van der Waals surface area contributed by atoms with E-state index in [1.807, 2.05) is 13.8 Å². The lowest BCUT2D eigenvalue weighted by atomic mass is 10.0. The van der Waals surface area contributed by atoms with Gasteiger partial charge in [0.15, 0.2) is 0 Å². The first kappa shape index (κ1) is 9.99. The molecule has 0 aromatic heterocycles. The van der Waals surface area contributed by atoms with Crippen molar-refractivity contribution in [3.8, 4) is 0 Å². The Labute approximate surface area is 74.9 Å². The van der Waals surface area contributed by atoms with Gasteiger partial charge in [-0.3, -0.25) is 4.78 Å². The predicted octanol–water partition coefficient (Wildman–Crippen LogP) is 1.20. The van der Waals surface area contributed by atoms with E-state index in [0.29, 0.717) is 5.75 Å². The van der Waals surface area contributed by atoms with Crippen LogP contribution in [0.1, 0.15) is 26.7 Å². The van der Waals surface area contributed by atoms with Crippen LogP contribution in [-0.2, 0) is 9.73 Å². The Hall–Kier alpha value is -0.0900. The van der Waals surface area contributed by atoms with E-state index in [1.54, 1.807) is 0 Å². The highest BCUT2D eigenvalue weighted by Gasteiger charge is 2.39. The van der Waals surface area contributed by atoms with Crippen molar-refractivity contribution in [1.82, 2.24) is 5.32 Å². The van der Waals surface area contributed by atoms with Crippen molar-refractivity contribution in [1.29, 1.82) is 4.78 Å². The molecule has 1 aliphatic heterocycles. The zero-order valence-corrected chi connectivity index (χ0v) is 8.67. The standard InChI is InChI=1S/C8H18N2OS/c1-3-8(4-2)7-10-5-6-12(8,9)11/h9-10H,3-7H2,1-2H3. The number of rotatable bonds is 2. The van der Waals surface area contributed by atoms with Gasteiger partial charge in [0.2, 0.25) is 0 Å². The third-order valence-electron chi connectivity index (χ3n) is 3.00. The summed E-state index contributed by atoms with van der Waals surface area (Å²) in [5.41, 5.74) is 0. The third-order valence-corrected chi connectivity index (χ3v) is 5.90. The fourth-order valence-electron chi connectivity index (χ4n) is 1.83. The Morgan fingerprint density at radius 1 is 1.50 bits per heavy atom. The van der Waals surface area contributed by atoms with E-state index in [0.717, 1.165) is 25.9 Å². The van der Waals surface area contributed by atoms with E-state index in [4.69, 9.17) is 4.78 Å². The second-order valence-corrected chi connectivity index (χ2v) is 6.07. The first-order chi connectivity index (χ1) is 5.58. The quantitative estimate of drug-likeness (QED) is 0.687. The first-order valence-electron chi connectivity index (χ1n) is 4.55. The maximum atomic E-state index is 11.9. The van der Waals surface area contributed by atoms with Crippen LogP contribution in [0.5, 0.6) is 0 Å². The van der Waals surface area contributed by atoms with Gasteiger partial charge in [-0.2, -0.15) is 0 Å². The summed E-state index contributed by atoms with van der Waals surface area (Å²) in [5, 5.41) is 3.23. The van der Waals surface area contributed by atoms with Crippen LogP contribution in [0.25, 0.3) is 0 Å². The Bertz CT molecular complexity index is 242. The molecule has 0 bridgehead atoms. The van der Waals surface area contributed by atoms with Gasteiger partial charge < -0.3 is 5.32 Å². The van der Waals surface area contributed by atoms with Crippen molar-refractivity contribution in [2.24, 2.45) is 0 Å². The molecule has 0 aromatic carbocycles. The number of hydrogen-bond donors (Lipinski definition) is 2. The van der Waals surface area contributed by atoms with E-state index >= 15 is 0 Å². The SMILES string of the molecule is CCC1(CC)CNCCS1(=N)=O. The first-order valence-corrected chi connectivity index (χ1v) is 6.27. The monoisotopic (exact) mass is 190 g/mol. The van der Waals surface area contributed by atoms with Gasteiger partial charge in [0.05, 0.1) is 14.5 Å². The van der Waals surface area contributed by atoms with Crippen LogP contribution in [0.2, 0.25) is 0 Å². The minimum Gasteiger partial charge on any atom is -0.314 e. The van der Waals surface area contributed by atoms with Crippen molar-refractivity contribution in [3.05, 3.63) is 0 Å². The molecule has 1 rings (SSSR count). The lowest BCUT2D eigenvalue weighted by molar-refractivity contribution is 0.459. The molecule has 0 amide bonds. The van der Waals surface area contributed by atoms with Gasteiger partial charge in [-0.15, -0.1) is 0 Å². The molecular formula is C8H18N2OS. The molecule has 1 unspecified atom stereocenters. The molecule has 72 valence electrons. The molecule has 2 N–H and O–H groups in total. The number of nitrogens with one attached hydrogen (secondary N) is 2. The van der Waals surface area contributed by atoms with Crippen LogP contribution in [-0.4, -0.2) is 27.8 Å². The Morgan fingerprint density at radius 2 is 2.08 bits per heavy atom. The van der Waals surface area contributed by atoms with E-state index in [2.05, 4.69) is 5.32 Å². The second-order valence-electron chi connectivity index (χ2n) is 3.45. The van der Waals surface area contributed by atoms with Crippen LogP contribution < -0.4 is 5.32 Å². The third kappa shape index (κ3) is 1.38. The summed E-state index contributed by atoms with van der Waals surface area (Å²) in [6, 6.07) is 0. The fourth-order valence-corrected chi connectivity index (χ4v) is 3.96. The maximum Gasteiger partial charge on any atom is 0.0658 e. The summed E-state index contributed by atoms with van der Waals surface area (Å²) in [7, 11) is -2.35. The van der Waals surface area contributed by atoms with Crippen molar-refractivity contribution in [3.63, 3.8) is 0 Å². The largest absolute Gasteiger partial charge is 0.314 e. The predicted molar refractivity (Wildman–Crippen MR) is 51.9 cm³/mol. The summed E-state index contributed by atoms with van der Waals surface area (Å²) >= 11 is 0. The lowest BCUT2D eigenvalue weighted by Gasteiger charge is -2.37. The van der Waals surface area contributed by atoms with Crippen LogP contribution in [0.4, 0.5) is 0 Å². The van der Waals surface area contributed by atoms with Crippen LogP contribution in [0.3, 0.4) is 0 Å². The average Bonchev–Trinajstić information content (AvgIpc) is 2.05. The van der Waals surface area contributed by atoms with Gasteiger partial charge in [-0.1, -0.05) is 13.8 Å². The molecule has 0 aliphatic carbocycles. The van der Waals surface area contributed by atoms with Crippen LogP contribution in [0.15, 0.2) is 0 Å². The van der Waals surface area contributed by atoms with Crippen molar-refractivity contribution in [2.45, 2.75) is 31.4 Å². The van der Waals surface area contributed by atoms with Crippen molar-refractivity contribution >= 4 is 9.73 Å². The minimum absolute atomic E-state index is 0.259. The normalized spacial score (nSPS) is 34.8. The van der Waals surface area contributed by atoms with Gasteiger partial charge in [0.1, 0.15) is 0 Å². The molecule has 0 radical (unpaired) electrons. The van der Waals surface area contributed by atoms with Crippen molar-refractivity contribution < 1.29 is 4.21 Å². The van der Waals surface area contributed by atoms with Gasteiger partial charge in [-0.25, -0.2) is 4.21 Å².